The number of para-hydroxylation sites is 1. The fraction of sp³-hybridized carbons (Fsp3) is 0.240. The van der Waals surface area contributed by atoms with Crippen molar-refractivity contribution in [2.75, 3.05) is 21.0 Å². The second-order valence-electron chi connectivity index (χ2n) is 8.00. The van der Waals surface area contributed by atoms with E-state index in [-0.39, 0.29) is 12.8 Å². The molecule has 5 rings (SSSR count). The van der Waals surface area contributed by atoms with Gasteiger partial charge >= 0.3 is 0 Å². The van der Waals surface area contributed by atoms with Gasteiger partial charge in [0.05, 0.1) is 18.8 Å². The van der Waals surface area contributed by atoms with Crippen molar-refractivity contribution in [2.45, 2.75) is 19.5 Å². The summed E-state index contributed by atoms with van der Waals surface area (Å²) in [5, 5.41) is 12.8. The van der Waals surface area contributed by atoms with E-state index >= 15 is 0 Å². The van der Waals surface area contributed by atoms with Crippen LogP contribution in [0.15, 0.2) is 66.7 Å². The van der Waals surface area contributed by atoms with Gasteiger partial charge in [0.1, 0.15) is 0 Å². The number of nitrogens with zero attached hydrogens (tertiary/aromatic N) is 5. The Hall–Kier alpha value is -3.91. The molecule has 2 heterocycles. The predicted molar refractivity (Wildman–Crippen MR) is 123 cm³/mol. The molecule has 1 atom stereocenters. The van der Waals surface area contributed by atoms with E-state index in [9.17, 15) is 0 Å². The molecule has 0 spiro atoms. The lowest BCUT2D eigenvalue weighted by Crippen LogP contribution is -2.28. The molecule has 0 fully saturated rings. The van der Waals surface area contributed by atoms with Gasteiger partial charge in [-0.3, -0.25) is 4.90 Å². The first-order valence-electron chi connectivity index (χ1n) is 10.7. The quantitative estimate of drug-likeness (QED) is 0.428. The van der Waals surface area contributed by atoms with Crippen molar-refractivity contribution in [3.63, 3.8) is 0 Å². The number of tetrazole rings is 1. The van der Waals surface area contributed by atoms with Crippen LogP contribution in [0.3, 0.4) is 0 Å². The van der Waals surface area contributed by atoms with Crippen LogP contribution in [0.4, 0.5) is 0 Å². The molecular formula is C25H25N5O3. The molecule has 8 heteroatoms. The van der Waals surface area contributed by atoms with E-state index in [1.165, 1.54) is 0 Å². The second-order valence-corrected chi connectivity index (χ2v) is 8.00. The topological polar surface area (TPSA) is 74.5 Å². The van der Waals surface area contributed by atoms with Gasteiger partial charge in [-0.2, -0.15) is 4.68 Å². The molecule has 0 amide bonds. The maximum atomic E-state index is 5.61. The molecule has 4 aromatic rings. The van der Waals surface area contributed by atoms with Gasteiger partial charge in [0.2, 0.25) is 12.5 Å². The third-order valence-electron chi connectivity index (χ3n) is 5.79. The largest absolute Gasteiger partial charge is 0.493 e. The first-order chi connectivity index (χ1) is 16.2. The van der Waals surface area contributed by atoms with E-state index in [0.29, 0.717) is 23.8 Å². The Balaban J connectivity index is 1.55. The normalized spacial score (nSPS) is 13.3. The molecule has 33 heavy (non-hydrogen) atoms. The second kappa shape index (κ2) is 8.91. The number of hydrogen-bond acceptors (Lipinski definition) is 7. The van der Waals surface area contributed by atoms with Crippen LogP contribution in [-0.4, -0.2) is 46.1 Å². The fourth-order valence-corrected chi connectivity index (χ4v) is 4.23. The van der Waals surface area contributed by atoms with Crippen molar-refractivity contribution in [3.8, 4) is 22.9 Å². The zero-order valence-corrected chi connectivity index (χ0v) is 18.8. The fourth-order valence-electron chi connectivity index (χ4n) is 4.23. The van der Waals surface area contributed by atoms with Crippen molar-refractivity contribution >= 4 is 0 Å². The number of ether oxygens (including phenoxy) is 3. The van der Waals surface area contributed by atoms with Crippen molar-refractivity contribution in [1.29, 1.82) is 0 Å². The minimum absolute atomic E-state index is 0.183. The molecule has 0 aliphatic carbocycles. The first-order valence-corrected chi connectivity index (χ1v) is 10.7. The van der Waals surface area contributed by atoms with Gasteiger partial charge in [0, 0.05) is 6.54 Å². The molecule has 1 aromatic heterocycles. The van der Waals surface area contributed by atoms with Crippen LogP contribution < -0.4 is 14.2 Å². The first kappa shape index (κ1) is 21.0. The van der Waals surface area contributed by atoms with E-state index in [2.05, 4.69) is 52.6 Å². The molecule has 1 unspecified atom stereocenters. The smallest absolute Gasteiger partial charge is 0.231 e. The highest BCUT2D eigenvalue weighted by Crippen LogP contribution is 2.42. The van der Waals surface area contributed by atoms with Gasteiger partial charge in [0.25, 0.3) is 0 Å². The van der Waals surface area contributed by atoms with Gasteiger partial charge in [-0.1, -0.05) is 48.5 Å². The number of methoxy groups -OCH3 is 1. The minimum atomic E-state index is -0.183. The van der Waals surface area contributed by atoms with E-state index in [4.69, 9.17) is 14.2 Å². The van der Waals surface area contributed by atoms with E-state index in [0.717, 1.165) is 28.2 Å². The number of rotatable bonds is 7. The Morgan fingerprint density at radius 1 is 1.06 bits per heavy atom. The Morgan fingerprint density at radius 3 is 2.64 bits per heavy atom. The van der Waals surface area contributed by atoms with Crippen LogP contribution in [0.1, 0.15) is 28.6 Å². The summed E-state index contributed by atoms with van der Waals surface area (Å²) >= 11 is 0. The summed E-state index contributed by atoms with van der Waals surface area (Å²) < 4.78 is 18.5. The Kier molecular flexibility index (Phi) is 5.66. The van der Waals surface area contributed by atoms with Crippen LogP contribution >= 0.6 is 0 Å². The van der Waals surface area contributed by atoms with Crippen molar-refractivity contribution in [1.82, 2.24) is 25.1 Å². The third kappa shape index (κ3) is 4.01. The molecule has 0 bridgehead atoms. The number of aromatic nitrogens is 4. The van der Waals surface area contributed by atoms with Crippen LogP contribution in [0, 0.1) is 6.92 Å². The monoisotopic (exact) mass is 443 g/mol. The van der Waals surface area contributed by atoms with Crippen LogP contribution in [-0.2, 0) is 6.54 Å². The number of hydrogen-bond donors (Lipinski definition) is 0. The molecule has 3 aromatic carbocycles. The number of benzene rings is 3. The Bertz CT molecular complexity index is 1260. The maximum Gasteiger partial charge on any atom is 0.231 e. The van der Waals surface area contributed by atoms with Crippen molar-refractivity contribution in [3.05, 3.63) is 89.2 Å². The Morgan fingerprint density at radius 2 is 1.85 bits per heavy atom. The van der Waals surface area contributed by atoms with Crippen molar-refractivity contribution in [2.24, 2.45) is 0 Å². The molecule has 168 valence electrons. The summed E-state index contributed by atoms with van der Waals surface area (Å²) in [6.45, 7) is 2.87. The van der Waals surface area contributed by atoms with Gasteiger partial charge < -0.3 is 14.2 Å². The van der Waals surface area contributed by atoms with Gasteiger partial charge in [-0.05, 0) is 59.3 Å². The summed E-state index contributed by atoms with van der Waals surface area (Å²) in [5.41, 5.74) is 4.18. The van der Waals surface area contributed by atoms with Crippen LogP contribution in [0.5, 0.6) is 17.2 Å². The molecule has 1 aliphatic heterocycles. The van der Waals surface area contributed by atoms with Gasteiger partial charge in [-0.15, -0.1) is 5.10 Å². The minimum Gasteiger partial charge on any atom is -0.493 e. The van der Waals surface area contributed by atoms with Crippen LogP contribution in [0.25, 0.3) is 5.69 Å². The van der Waals surface area contributed by atoms with Crippen LogP contribution in [0.2, 0.25) is 0 Å². The molecular weight excluding hydrogens is 418 g/mol. The zero-order valence-electron chi connectivity index (χ0n) is 18.8. The van der Waals surface area contributed by atoms with Gasteiger partial charge in [0.15, 0.2) is 17.3 Å². The molecule has 0 radical (unpaired) electrons. The molecule has 0 saturated carbocycles. The third-order valence-corrected chi connectivity index (χ3v) is 5.79. The lowest BCUT2D eigenvalue weighted by molar-refractivity contribution is 0.171. The SMILES string of the molecule is COc1cc(CN(C)C(c2ccccc2)c2nnnn2-c2ccccc2C)cc2c1OCO2. The molecule has 0 saturated heterocycles. The maximum absolute atomic E-state index is 5.61. The summed E-state index contributed by atoms with van der Waals surface area (Å²) in [7, 11) is 3.69. The Labute approximate surface area is 192 Å². The predicted octanol–water partition coefficient (Wildman–Crippen LogP) is 3.93. The summed E-state index contributed by atoms with van der Waals surface area (Å²) in [4.78, 5) is 2.22. The average Bonchev–Trinajstić information content (AvgIpc) is 3.50. The van der Waals surface area contributed by atoms with E-state index in [1.54, 1.807) is 7.11 Å². The summed E-state index contributed by atoms with van der Waals surface area (Å²) in [6, 6.07) is 22.1. The van der Waals surface area contributed by atoms with E-state index in [1.807, 2.05) is 53.2 Å². The standard InChI is InChI=1S/C25H25N5O3/c1-17-9-7-8-12-20(17)30-25(26-27-28-30)23(19-10-5-4-6-11-19)29(2)15-18-13-21(31-3)24-22(14-18)32-16-33-24/h4-14,23H,15-16H2,1-3H3. The summed E-state index contributed by atoms with van der Waals surface area (Å²) in [6.07, 6.45) is 0. The number of fused-ring (bicyclic) bond motifs is 1. The average molecular weight is 444 g/mol. The summed E-state index contributed by atoms with van der Waals surface area (Å²) in [5.74, 6) is 2.74. The molecule has 1 aliphatic rings. The zero-order chi connectivity index (χ0) is 22.8. The lowest BCUT2D eigenvalue weighted by Gasteiger charge is -2.28. The lowest BCUT2D eigenvalue weighted by atomic mass is 10.0. The molecule has 0 N–H and O–H groups in total. The van der Waals surface area contributed by atoms with E-state index < -0.39 is 0 Å². The highest BCUT2D eigenvalue weighted by molar-refractivity contribution is 5.55. The molecule has 8 nitrogen and oxygen atoms in total. The van der Waals surface area contributed by atoms with Gasteiger partial charge in [-0.25, -0.2) is 0 Å². The van der Waals surface area contributed by atoms with Crippen molar-refractivity contribution < 1.29 is 14.2 Å². The highest BCUT2D eigenvalue weighted by atomic mass is 16.7. The number of aryl methyl sites for hydroxylation is 1. The highest BCUT2D eigenvalue weighted by Gasteiger charge is 2.28.